The lowest BCUT2D eigenvalue weighted by molar-refractivity contribution is -0.275. The molecule has 0 saturated heterocycles. The molecule has 1 unspecified atom stereocenters. The summed E-state index contributed by atoms with van der Waals surface area (Å²) in [6.45, 7) is 6.10. The van der Waals surface area contributed by atoms with Crippen molar-refractivity contribution in [2.24, 2.45) is 5.73 Å². The molecule has 1 aromatic rings. The number of ether oxygens (including phenoxy) is 2. The van der Waals surface area contributed by atoms with Crippen LogP contribution < -0.4 is 10.5 Å². The summed E-state index contributed by atoms with van der Waals surface area (Å²) in [5, 5.41) is 0. The van der Waals surface area contributed by atoms with E-state index in [9.17, 15) is 13.2 Å². The Labute approximate surface area is 123 Å². The van der Waals surface area contributed by atoms with Crippen molar-refractivity contribution in [1.29, 1.82) is 0 Å². The van der Waals surface area contributed by atoms with E-state index in [0.29, 0.717) is 25.0 Å². The maximum Gasteiger partial charge on any atom is 0.573 e. The van der Waals surface area contributed by atoms with Gasteiger partial charge in [-0.05, 0) is 25.8 Å². The quantitative estimate of drug-likeness (QED) is 0.822. The molecule has 0 aliphatic heterocycles. The maximum absolute atomic E-state index is 12.5. The van der Waals surface area contributed by atoms with Crippen molar-refractivity contribution in [2.45, 2.75) is 51.6 Å². The van der Waals surface area contributed by atoms with E-state index >= 15 is 0 Å². The van der Waals surface area contributed by atoms with Gasteiger partial charge in [-0.1, -0.05) is 32.0 Å². The molecule has 0 aliphatic rings. The Kier molecular flexibility index (Phi) is 6.04. The fourth-order valence-corrected chi connectivity index (χ4v) is 2.51. The molecule has 0 bridgehead atoms. The van der Waals surface area contributed by atoms with Crippen molar-refractivity contribution in [1.82, 2.24) is 0 Å². The highest BCUT2D eigenvalue weighted by Gasteiger charge is 2.38. The number of alkyl halides is 3. The molecule has 3 nitrogen and oxygen atoms in total. The molecule has 6 heteroatoms. The Balaban J connectivity index is 3.19. The van der Waals surface area contributed by atoms with Crippen LogP contribution in [0.1, 0.15) is 45.2 Å². The monoisotopic (exact) mass is 305 g/mol. The van der Waals surface area contributed by atoms with Gasteiger partial charge < -0.3 is 15.2 Å². The first-order chi connectivity index (χ1) is 9.79. The fraction of sp³-hybridized carbons (Fsp3) is 0.600. The van der Waals surface area contributed by atoms with Crippen molar-refractivity contribution >= 4 is 0 Å². The third-order valence-corrected chi connectivity index (χ3v) is 3.68. The molecule has 120 valence electrons. The molecule has 2 N–H and O–H groups in total. The minimum atomic E-state index is -4.75. The van der Waals surface area contributed by atoms with E-state index in [4.69, 9.17) is 10.5 Å². The van der Waals surface area contributed by atoms with E-state index < -0.39 is 18.0 Å². The predicted octanol–water partition coefficient (Wildman–Crippen LogP) is 4.18. The number of hydrogen-bond donors (Lipinski definition) is 1. The lowest BCUT2D eigenvalue weighted by Gasteiger charge is -2.38. The van der Waals surface area contributed by atoms with Crippen molar-refractivity contribution in [3.05, 3.63) is 29.8 Å². The second kappa shape index (κ2) is 7.13. The van der Waals surface area contributed by atoms with Gasteiger partial charge in [-0.15, -0.1) is 13.2 Å². The summed E-state index contributed by atoms with van der Waals surface area (Å²) < 4.78 is 47.3. The summed E-state index contributed by atoms with van der Waals surface area (Å²) in [7, 11) is 0. The number of halogens is 3. The molecule has 0 spiro atoms. The van der Waals surface area contributed by atoms with Crippen LogP contribution in [0.4, 0.5) is 13.2 Å². The van der Waals surface area contributed by atoms with Crippen LogP contribution in [0.5, 0.6) is 5.75 Å². The average molecular weight is 305 g/mol. The Hall–Kier alpha value is -1.27. The van der Waals surface area contributed by atoms with Gasteiger partial charge in [0.05, 0.1) is 11.6 Å². The molecular weight excluding hydrogens is 283 g/mol. The van der Waals surface area contributed by atoms with Crippen molar-refractivity contribution in [3.63, 3.8) is 0 Å². The Bertz CT molecular complexity index is 445. The highest BCUT2D eigenvalue weighted by molar-refractivity contribution is 5.37. The molecule has 1 aromatic carbocycles. The first kappa shape index (κ1) is 17.8. The summed E-state index contributed by atoms with van der Waals surface area (Å²) in [6.07, 6.45) is -3.56. The van der Waals surface area contributed by atoms with E-state index in [1.54, 1.807) is 12.1 Å². The van der Waals surface area contributed by atoms with Crippen LogP contribution in [0.2, 0.25) is 0 Å². The van der Waals surface area contributed by atoms with Crippen LogP contribution in [-0.4, -0.2) is 18.6 Å². The van der Waals surface area contributed by atoms with Gasteiger partial charge in [0, 0.05) is 12.2 Å². The summed E-state index contributed by atoms with van der Waals surface area (Å²) in [6, 6.07) is 5.24. The Morgan fingerprint density at radius 1 is 1.10 bits per heavy atom. The van der Waals surface area contributed by atoms with Crippen LogP contribution in [-0.2, 0) is 4.74 Å². The molecule has 0 aromatic heterocycles. The van der Waals surface area contributed by atoms with Crippen molar-refractivity contribution in [3.8, 4) is 5.75 Å². The average Bonchev–Trinajstić information content (AvgIpc) is 2.43. The molecule has 0 aliphatic carbocycles. The molecule has 0 radical (unpaired) electrons. The fourth-order valence-electron chi connectivity index (χ4n) is 2.51. The highest BCUT2D eigenvalue weighted by Crippen LogP contribution is 2.38. The number of para-hydroxylation sites is 1. The van der Waals surface area contributed by atoms with E-state index in [0.717, 1.165) is 0 Å². The summed E-state index contributed by atoms with van der Waals surface area (Å²) >= 11 is 0. The van der Waals surface area contributed by atoms with Crippen LogP contribution >= 0.6 is 0 Å². The lowest BCUT2D eigenvalue weighted by Crippen LogP contribution is -2.43. The van der Waals surface area contributed by atoms with Gasteiger partial charge in [0.2, 0.25) is 0 Å². The molecule has 1 rings (SSSR count). The normalized spacial score (nSPS) is 14.0. The van der Waals surface area contributed by atoms with Crippen molar-refractivity contribution in [2.75, 3.05) is 6.61 Å². The minimum Gasteiger partial charge on any atom is -0.405 e. The van der Waals surface area contributed by atoms with Gasteiger partial charge in [0.25, 0.3) is 0 Å². The van der Waals surface area contributed by atoms with Gasteiger partial charge in [-0.25, -0.2) is 0 Å². The highest BCUT2D eigenvalue weighted by atomic mass is 19.4. The molecule has 1 atom stereocenters. The van der Waals surface area contributed by atoms with Gasteiger partial charge in [-0.2, -0.15) is 0 Å². The molecular formula is C15H22F3NO2. The van der Waals surface area contributed by atoms with Gasteiger partial charge in [-0.3, -0.25) is 0 Å². The zero-order chi connectivity index (χ0) is 16.1. The van der Waals surface area contributed by atoms with Crippen molar-refractivity contribution < 1.29 is 22.6 Å². The molecule has 0 heterocycles. The van der Waals surface area contributed by atoms with Gasteiger partial charge in [0.1, 0.15) is 5.75 Å². The molecule has 0 saturated carbocycles. The van der Waals surface area contributed by atoms with E-state index in [-0.39, 0.29) is 5.75 Å². The standard InChI is InChI=1S/C15H22F3NO2/c1-4-14(5-2,20-6-3)13(19)11-9-7-8-10-12(11)21-15(16,17)18/h7-10,13H,4-6,19H2,1-3H3. The van der Waals surface area contributed by atoms with E-state index in [2.05, 4.69) is 4.74 Å². The number of benzene rings is 1. The number of hydrogen-bond acceptors (Lipinski definition) is 3. The second-order valence-corrected chi connectivity index (χ2v) is 4.77. The minimum absolute atomic E-state index is 0.275. The predicted molar refractivity (Wildman–Crippen MR) is 75.0 cm³/mol. The van der Waals surface area contributed by atoms with Crippen LogP contribution in [0, 0.1) is 0 Å². The zero-order valence-electron chi connectivity index (χ0n) is 12.5. The number of rotatable bonds is 7. The largest absolute Gasteiger partial charge is 0.573 e. The summed E-state index contributed by atoms with van der Waals surface area (Å²) in [5.41, 5.74) is 5.82. The molecule has 21 heavy (non-hydrogen) atoms. The first-order valence-electron chi connectivity index (χ1n) is 7.03. The molecule has 0 amide bonds. The third kappa shape index (κ3) is 4.35. The Morgan fingerprint density at radius 2 is 1.67 bits per heavy atom. The van der Waals surface area contributed by atoms with Gasteiger partial charge in [0.15, 0.2) is 0 Å². The maximum atomic E-state index is 12.5. The molecule has 0 fully saturated rings. The second-order valence-electron chi connectivity index (χ2n) is 4.77. The summed E-state index contributed by atoms with van der Waals surface area (Å²) in [4.78, 5) is 0. The smallest absolute Gasteiger partial charge is 0.405 e. The van der Waals surface area contributed by atoms with Crippen LogP contribution in [0.15, 0.2) is 24.3 Å². The number of nitrogens with two attached hydrogens (primary N) is 1. The first-order valence-corrected chi connectivity index (χ1v) is 7.03. The third-order valence-electron chi connectivity index (χ3n) is 3.68. The van der Waals surface area contributed by atoms with E-state index in [1.807, 2.05) is 20.8 Å². The topological polar surface area (TPSA) is 44.5 Å². The lowest BCUT2D eigenvalue weighted by atomic mass is 9.84. The van der Waals surface area contributed by atoms with Gasteiger partial charge >= 0.3 is 6.36 Å². The van der Waals surface area contributed by atoms with E-state index in [1.165, 1.54) is 12.1 Å². The van der Waals surface area contributed by atoms with Crippen LogP contribution in [0.25, 0.3) is 0 Å². The Morgan fingerprint density at radius 3 is 2.14 bits per heavy atom. The SMILES string of the molecule is CCOC(CC)(CC)C(N)c1ccccc1OC(F)(F)F. The van der Waals surface area contributed by atoms with Crippen LogP contribution in [0.3, 0.4) is 0 Å². The summed E-state index contributed by atoms with van der Waals surface area (Å²) in [5.74, 6) is -0.275. The zero-order valence-corrected chi connectivity index (χ0v) is 12.5.